The highest BCUT2D eigenvalue weighted by Crippen LogP contribution is 2.09. The van der Waals surface area contributed by atoms with E-state index in [9.17, 15) is 0 Å². The molecule has 0 radical (unpaired) electrons. The van der Waals surface area contributed by atoms with Crippen LogP contribution in [0.25, 0.3) is 0 Å². The zero-order valence-electron chi connectivity index (χ0n) is 9.36. The molecule has 0 aromatic rings. The predicted octanol–water partition coefficient (Wildman–Crippen LogP) is 4.85. The third-order valence-electron chi connectivity index (χ3n) is 2.41. The van der Waals surface area contributed by atoms with Crippen LogP contribution >= 0.6 is 8.86 Å². The maximum absolute atomic E-state index is 3.54. The molecule has 0 unspecified atom stereocenters. The van der Waals surface area contributed by atoms with Gasteiger partial charge in [0.05, 0.1) is 0 Å². The van der Waals surface area contributed by atoms with Crippen molar-refractivity contribution >= 4 is 14.2 Å². The van der Waals surface area contributed by atoms with Gasteiger partial charge in [0.2, 0.25) is 0 Å². The third-order valence-corrected chi connectivity index (χ3v) is 2.66. The van der Waals surface area contributed by atoms with E-state index in [0.717, 1.165) is 0 Å². The van der Waals surface area contributed by atoms with Gasteiger partial charge in [0.15, 0.2) is 0 Å². The van der Waals surface area contributed by atoms with Crippen molar-refractivity contribution in [1.82, 2.24) is 0 Å². The second kappa shape index (κ2) is 10.3. The Kier molecular flexibility index (Phi) is 10.4. The molecule has 0 saturated heterocycles. The van der Waals surface area contributed by atoms with E-state index >= 15 is 0 Å². The largest absolute Gasteiger partial charge is 0.123 e. The van der Waals surface area contributed by atoms with Crippen LogP contribution in [0.2, 0.25) is 0 Å². The van der Waals surface area contributed by atoms with Crippen molar-refractivity contribution in [2.45, 2.75) is 71.6 Å². The molecule has 0 aromatic heterocycles. The minimum atomic E-state index is 1.26. The van der Waals surface area contributed by atoms with Crippen molar-refractivity contribution in [3.63, 3.8) is 0 Å². The second-order valence-electron chi connectivity index (χ2n) is 4.01. The molecule has 0 aliphatic carbocycles. The fraction of sp³-hybridized carbons (Fsp3) is 0.917. The number of unbranched alkanes of at least 4 members (excludes halogenated alkanes) is 7. The van der Waals surface area contributed by atoms with Gasteiger partial charge in [-0.15, -0.1) is 8.86 Å². The molecule has 78 valence electrons. The highest BCUT2D eigenvalue weighted by atomic mass is 31.0. The Bertz CT molecular complexity index is 118. The lowest BCUT2D eigenvalue weighted by Gasteiger charge is -2.00. The predicted molar refractivity (Wildman–Crippen MR) is 66.2 cm³/mol. The summed E-state index contributed by atoms with van der Waals surface area (Å²) < 4.78 is 0. The fourth-order valence-corrected chi connectivity index (χ4v) is 1.70. The SMILES string of the molecule is CCCCCCCCCCC(C)=P. The number of rotatable bonds is 9. The average Bonchev–Trinajstić information content (AvgIpc) is 2.09. The lowest BCUT2D eigenvalue weighted by Crippen LogP contribution is -1.86. The Morgan fingerprint density at radius 2 is 1.31 bits per heavy atom. The summed E-state index contributed by atoms with van der Waals surface area (Å²) >= 11 is 0. The van der Waals surface area contributed by atoms with E-state index in [1.807, 2.05) is 0 Å². The van der Waals surface area contributed by atoms with Crippen LogP contribution in [0.15, 0.2) is 0 Å². The standard InChI is InChI=1S/C12H25P/c1-3-4-5-6-7-8-9-10-11-12(2)13/h13H,3-11H2,1-2H3. The summed E-state index contributed by atoms with van der Waals surface area (Å²) in [6.45, 7) is 4.42. The van der Waals surface area contributed by atoms with E-state index < -0.39 is 0 Å². The zero-order chi connectivity index (χ0) is 9.94. The normalized spacial score (nSPS) is 10.3. The molecule has 0 aliphatic heterocycles. The molecule has 0 bridgehead atoms. The Morgan fingerprint density at radius 3 is 1.77 bits per heavy atom. The van der Waals surface area contributed by atoms with Crippen LogP contribution in [0.5, 0.6) is 0 Å². The summed E-state index contributed by atoms with van der Waals surface area (Å²) in [6, 6.07) is 0. The zero-order valence-corrected chi connectivity index (χ0v) is 10.4. The number of hydrogen-bond acceptors (Lipinski definition) is 0. The van der Waals surface area contributed by atoms with Gasteiger partial charge in [-0.2, -0.15) is 0 Å². The van der Waals surface area contributed by atoms with Crippen molar-refractivity contribution in [1.29, 1.82) is 0 Å². The van der Waals surface area contributed by atoms with Crippen molar-refractivity contribution in [3.05, 3.63) is 0 Å². The minimum absolute atomic E-state index is 1.26. The van der Waals surface area contributed by atoms with Gasteiger partial charge in [0, 0.05) is 0 Å². The monoisotopic (exact) mass is 200 g/mol. The van der Waals surface area contributed by atoms with Gasteiger partial charge in [-0.25, -0.2) is 0 Å². The highest BCUT2D eigenvalue weighted by Gasteiger charge is 1.91. The average molecular weight is 200 g/mol. The molecule has 0 fully saturated rings. The van der Waals surface area contributed by atoms with E-state index in [0.29, 0.717) is 0 Å². The molecule has 0 amide bonds. The van der Waals surface area contributed by atoms with Gasteiger partial charge in [0.25, 0.3) is 0 Å². The quantitative estimate of drug-likeness (QED) is 0.368. The van der Waals surface area contributed by atoms with Gasteiger partial charge in [-0.3, -0.25) is 0 Å². The van der Waals surface area contributed by atoms with Crippen LogP contribution in [0.4, 0.5) is 0 Å². The summed E-state index contributed by atoms with van der Waals surface area (Å²) in [6.07, 6.45) is 12.6. The number of hydrogen-bond donors (Lipinski definition) is 0. The van der Waals surface area contributed by atoms with Gasteiger partial charge in [-0.05, 0) is 19.8 Å². The van der Waals surface area contributed by atoms with Crippen molar-refractivity contribution in [2.24, 2.45) is 0 Å². The van der Waals surface area contributed by atoms with E-state index in [4.69, 9.17) is 0 Å². The molecule has 0 spiro atoms. The summed E-state index contributed by atoms with van der Waals surface area (Å²) in [7, 11) is 3.54. The van der Waals surface area contributed by atoms with Gasteiger partial charge < -0.3 is 0 Å². The molecule has 0 atom stereocenters. The Morgan fingerprint density at radius 1 is 0.846 bits per heavy atom. The minimum Gasteiger partial charge on any atom is -0.123 e. The molecule has 0 N–H and O–H groups in total. The van der Waals surface area contributed by atoms with Crippen LogP contribution in [0, 0.1) is 0 Å². The lowest BCUT2D eigenvalue weighted by atomic mass is 10.1. The van der Waals surface area contributed by atoms with Crippen molar-refractivity contribution in [2.75, 3.05) is 0 Å². The van der Waals surface area contributed by atoms with Crippen molar-refractivity contribution < 1.29 is 0 Å². The first-order chi connectivity index (χ1) is 6.27. The summed E-state index contributed by atoms with van der Waals surface area (Å²) in [5.41, 5.74) is 0. The Balaban J connectivity index is 2.87. The fourth-order valence-electron chi connectivity index (χ4n) is 1.52. The Hall–Kier alpha value is 0.170. The molecule has 0 rings (SSSR count). The summed E-state index contributed by atoms with van der Waals surface area (Å²) in [4.78, 5) is 0. The molecule has 0 heterocycles. The van der Waals surface area contributed by atoms with Gasteiger partial charge >= 0.3 is 0 Å². The first-order valence-electron chi connectivity index (χ1n) is 5.81. The first-order valence-corrected chi connectivity index (χ1v) is 6.31. The van der Waals surface area contributed by atoms with Crippen molar-refractivity contribution in [3.8, 4) is 0 Å². The van der Waals surface area contributed by atoms with E-state index in [2.05, 4.69) is 22.7 Å². The Labute approximate surface area is 86.3 Å². The molecule has 1 heteroatoms. The van der Waals surface area contributed by atoms with Crippen LogP contribution in [0.1, 0.15) is 71.6 Å². The van der Waals surface area contributed by atoms with Crippen LogP contribution in [-0.4, -0.2) is 5.29 Å². The van der Waals surface area contributed by atoms with Gasteiger partial charge in [-0.1, -0.05) is 57.2 Å². The van der Waals surface area contributed by atoms with Crippen LogP contribution < -0.4 is 0 Å². The molecule has 0 nitrogen and oxygen atoms in total. The topological polar surface area (TPSA) is 0 Å². The lowest BCUT2D eigenvalue weighted by molar-refractivity contribution is 0.580. The van der Waals surface area contributed by atoms with Gasteiger partial charge in [0.1, 0.15) is 0 Å². The first kappa shape index (κ1) is 13.2. The summed E-state index contributed by atoms with van der Waals surface area (Å²) in [5, 5.41) is 1.39. The molecular weight excluding hydrogens is 175 g/mol. The third kappa shape index (κ3) is 12.2. The molecule has 0 aromatic carbocycles. The van der Waals surface area contributed by atoms with E-state index in [1.165, 1.54) is 63.1 Å². The molecule has 0 aliphatic rings. The smallest absolute Gasteiger partial charge is 0.0282 e. The van der Waals surface area contributed by atoms with E-state index in [-0.39, 0.29) is 0 Å². The maximum Gasteiger partial charge on any atom is -0.0282 e. The highest BCUT2D eigenvalue weighted by molar-refractivity contribution is 7.20. The second-order valence-corrected chi connectivity index (χ2v) is 4.86. The maximum atomic E-state index is 3.54. The summed E-state index contributed by atoms with van der Waals surface area (Å²) in [5.74, 6) is 0. The van der Waals surface area contributed by atoms with Crippen LogP contribution in [-0.2, 0) is 0 Å². The molecule has 0 saturated carbocycles. The molecular formula is C12H25P. The van der Waals surface area contributed by atoms with Crippen LogP contribution in [0.3, 0.4) is 0 Å². The van der Waals surface area contributed by atoms with E-state index in [1.54, 1.807) is 0 Å². The molecule has 13 heavy (non-hydrogen) atoms.